The molecular formula is C15H15N5O. The van der Waals surface area contributed by atoms with E-state index in [1.165, 1.54) is 4.68 Å². The molecule has 0 unspecified atom stereocenters. The number of carbonyl (C=O) groups excluding carboxylic acids is 1. The third kappa shape index (κ3) is 2.90. The van der Waals surface area contributed by atoms with Gasteiger partial charge in [-0.2, -0.15) is 0 Å². The van der Waals surface area contributed by atoms with E-state index in [1.54, 1.807) is 6.20 Å². The van der Waals surface area contributed by atoms with Crippen LogP contribution in [0.25, 0.3) is 10.8 Å². The zero-order chi connectivity index (χ0) is 14.7. The van der Waals surface area contributed by atoms with Gasteiger partial charge in [-0.15, -0.1) is 5.10 Å². The second-order valence-corrected chi connectivity index (χ2v) is 4.69. The van der Waals surface area contributed by atoms with Gasteiger partial charge in [0.1, 0.15) is 6.54 Å². The Morgan fingerprint density at radius 2 is 2.00 bits per heavy atom. The van der Waals surface area contributed by atoms with Gasteiger partial charge in [0.2, 0.25) is 5.91 Å². The first-order chi connectivity index (χ1) is 10.3. The van der Waals surface area contributed by atoms with Crippen molar-refractivity contribution in [1.82, 2.24) is 15.0 Å². The number of anilines is 1. The van der Waals surface area contributed by atoms with Crippen LogP contribution >= 0.6 is 0 Å². The van der Waals surface area contributed by atoms with Crippen LogP contribution in [-0.4, -0.2) is 20.9 Å². The molecule has 21 heavy (non-hydrogen) atoms. The van der Waals surface area contributed by atoms with E-state index >= 15 is 0 Å². The molecule has 0 spiro atoms. The second-order valence-electron chi connectivity index (χ2n) is 4.69. The van der Waals surface area contributed by atoms with E-state index in [9.17, 15) is 4.79 Å². The van der Waals surface area contributed by atoms with Crippen LogP contribution in [0.3, 0.4) is 0 Å². The van der Waals surface area contributed by atoms with Crippen LogP contribution in [0, 0.1) is 0 Å². The molecule has 3 N–H and O–H groups in total. The summed E-state index contributed by atoms with van der Waals surface area (Å²) in [6, 6.07) is 13.7. The van der Waals surface area contributed by atoms with Gasteiger partial charge in [-0.3, -0.25) is 4.79 Å². The summed E-state index contributed by atoms with van der Waals surface area (Å²) in [5, 5.41) is 12.7. The van der Waals surface area contributed by atoms with E-state index in [4.69, 9.17) is 5.73 Å². The van der Waals surface area contributed by atoms with Crippen LogP contribution in [-0.2, 0) is 17.9 Å². The van der Waals surface area contributed by atoms with Crippen molar-refractivity contribution in [2.45, 2.75) is 13.1 Å². The highest BCUT2D eigenvalue weighted by Crippen LogP contribution is 2.22. The van der Waals surface area contributed by atoms with Gasteiger partial charge in [0.25, 0.3) is 0 Å². The summed E-state index contributed by atoms with van der Waals surface area (Å²) >= 11 is 0. The third-order valence-electron chi connectivity index (χ3n) is 3.16. The number of benzene rings is 2. The first kappa shape index (κ1) is 13.3. The summed E-state index contributed by atoms with van der Waals surface area (Å²) in [7, 11) is 0. The van der Waals surface area contributed by atoms with Gasteiger partial charge in [-0.05, 0) is 11.5 Å². The van der Waals surface area contributed by atoms with Gasteiger partial charge in [0.15, 0.2) is 0 Å². The molecule has 1 aromatic heterocycles. The Morgan fingerprint density at radius 1 is 1.19 bits per heavy atom. The van der Waals surface area contributed by atoms with E-state index in [0.29, 0.717) is 12.2 Å². The predicted octanol–water partition coefficient (Wildman–Crippen LogP) is 1.53. The van der Waals surface area contributed by atoms with E-state index in [-0.39, 0.29) is 12.5 Å². The van der Waals surface area contributed by atoms with Crippen molar-refractivity contribution >= 4 is 22.4 Å². The van der Waals surface area contributed by atoms with Crippen LogP contribution in [0.5, 0.6) is 0 Å². The second kappa shape index (κ2) is 5.72. The highest BCUT2D eigenvalue weighted by atomic mass is 16.2. The number of hydrogen-bond donors (Lipinski definition) is 2. The monoisotopic (exact) mass is 281 g/mol. The molecule has 1 heterocycles. The number of nitrogens with two attached hydrogens (primary N) is 1. The Hall–Kier alpha value is -2.73. The Labute approximate surface area is 121 Å². The number of carbonyl (C=O) groups is 1. The minimum Gasteiger partial charge on any atom is -0.325 e. The maximum atomic E-state index is 12.1. The summed E-state index contributed by atoms with van der Waals surface area (Å²) in [6.45, 7) is 0.418. The molecule has 0 bridgehead atoms. The van der Waals surface area contributed by atoms with Crippen molar-refractivity contribution < 1.29 is 4.79 Å². The Bertz CT molecular complexity index is 775. The molecule has 2 aromatic carbocycles. The van der Waals surface area contributed by atoms with E-state index in [0.717, 1.165) is 16.5 Å². The SMILES string of the molecule is NCc1cn(CC(=O)Nc2cccc3ccccc23)nn1. The summed E-state index contributed by atoms with van der Waals surface area (Å²) in [4.78, 5) is 12.1. The molecule has 0 aliphatic rings. The minimum absolute atomic E-state index is 0.107. The molecule has 6 nitrogen and oxygen atoms in total. The molecule has 6 heteroatoms. The molecule has 3 rings (SSSR count). The Kier molecular flexibility index (Phi) is 3.61. The minimum atomic E-state index is -0.153. The molecule has 0 radical (unpaired) electrons. The third-order valence-corrected chi connectivity index (χ3v) is 3.16. The standard InChI is InChI=1S/C15H15N5O/c16-8-12-9-20(19-18-12)10-15(21)17-14-7-3-5-11-4-1-2-6-13(11)14/h1-7,9H,8,10,16H2,(H,17,21). The normalized spacial score (nSPS) is 10.7. The molecular weight excluding hydrogens is 266 g/mol. The van der Waals surface area contributed by atoms with Gasteiger partial charge in [-0.25, -0.2) is 4.68 Å². The lowest BCUT2D eigenvalue weighted by Crippen LogP contribution is -2.19. The molecule has 0 atom stereocenters. The lowest BCUT2D eigenvalue weighted by molar-refractivity contribution is -0.116. The van der Waals surface area contributed by atoms with Crippen molar-refractivity contribution in [1.29, 1.82) is 0 Å². The largest absolute Gasteiger partial charge is 0.325 e. The molecule has 3 aromatic rings. The van der Waals surface area contributed by atoms with Gasteiger partial charge in [-0.1, -0.05) is 41.6 Å². The lowest BCUT2D eigenvalue weighted by Gasteiger charge is -2.08. The average Bonchev–Trinajstić information content (AvgIpc) is 2.95. The molecule has 0 saturated carbocycles. The summed E-state index contributed by atoms with van der Waals surface area (Å²) in [6.07, 6.45) is 1.67. The molecule has 0 fully saturated rings. The number of nitrogens with zero attached hydrogens (tertiary/aromatic N) is 3. The smallest absolute Gasteiger partial charge is 0.246 e. The highest BCUT2D eigenvalue weighted by Gasteiger charge is 2.08. The fourth-order valence-electron chi connectivity index (χ4n) is 2.18. The average molecular weight is 281 g/mol. The summed E-state index contributed by atoms with van der Waals surface area (Å²) < 4.78 is 1.47. The van der Waals surface area contributed by atoms with Crippen LogP contribution in [0.2, 0.25) is 0 Å². The molecule has 106 valence electrons. The van der Waals surface area contributed by atoms with Gasteiger partial charge >= 0.3 is 0 Å². The summed E-state index contributed by atoms with van der Waals surface area (Å²) in [5.41, 5.74) is 6.91. The Morgan fingerprint density at radius 3 is 2.81 bits per heavy atom. The van der Waals surface area contributed by atoms with E-state index in [1.807, 2.05) is 42.5 Å². The van der Waals surface area contributed by atoms with Gasteiger partial charge < -0.3 is 11.1 Å². The van der Waals surface area contributed by atoms with Crippen LogP contribution in [0.4, 0.5) is 5.69 Å². The quantitative estimate of drug-likeness (QED) is 0.759. The zero-order valence-corrected chi connectivity index (χ0v) is 11.4. The van der Waals surface area contributed by atoms with Crippen molar-refractivity contribution in [3.63, 3.8) is 0 Å². The van der Waals surface area contributed by atoms with Gasteiger partial charge in [0, 0.05) is 17.6 Å². The van der Waals surface area contributed by atoms with Crippen molar-refractivity contribution in [2.24, 2.45) is 5.73 Å². The first-order valence-corrected chi connectivity index (χ1v) is 6.63. The van der Waals surface area contributed by atoms with Crippen LogP contribution < -0.4 is 11.1 Å². The fraction of sp³-hybridized carbons (Fsp3) is 0.133. The van der Waals surface area contributed by atoms with E-state index < -0.39 is 0 Å². The van der Waals surface area contributed by atoms with Crippen molar-refractivity contribution in [3.05, 3.63) is 54.4 Å². The maximum absolute atomic E-state index is 12.1. The maximum Gasteiger partial charge on any atom is 0.246 e. The van der Waals surface area contributed by atoms with Crippen LogP contribution in [0.15, 0.2) is 48.7 Å². The van der Waals surface area contributed by atoms with Crippen LogP contribution in [0.1, 0.15) is 5.69 Å². The molecule has 0 aliphatic carbocycles. The topological polar surface area (TPSA) is 85.8 Å². The molecule has 0 saturated heterocycles. The highest BCUT2D eigenvalue weighted by molar-refractivity contribution is 6.01. The fourth-order valence-corrected chi connectivity index (χ4v) is 2.18. The number of hydrogen-bond acceptors (Lipinski definition) is 4. The van der Waals surface area contributed by atoms with Crippen molar-refractivity contribution in [3.8, 4) is 0 Å². The Balaban J connectivity index is 1.77. The molecule has 1 amide bonds. The molecule has 0 aliphatic heterocycles. The number of aromatic nitrogens is 3. The van der Waals surface area contributed by atoms with E-state index in [2.05, 4.69) is 15.6 Å². The van der Waals surface area contributed by atoms with Gasteiger partial charge in [0.05, 0.1) is 11.9 Å². The van der Waals surface area contributed by atoms with Crippen molar-refractivity contribution in [2.75, 3.05) is 5.32 Å². The lowest BCUT2D eigenvalue weighted by atomic mass is 10.1. The number of fused-ring (bicyclic) bond motifs is 1. The zero-order valence-electron chi connectivity index (χ0n) is 11.4. The number of rotatable bonds is 4. The first-order valence-electron chi connectivity index (χ1n) is 6.63. The number of nitrogens with one attached hydrogen (secondary N) is 1. The summed E-state index contributed by atoms with van der Waals surface area (Å²) in [5.74, 6) is -0.153. The number of amides is 1. The predicted molar refractivity (Wildman–Crippen MR) is 80.5 cm³/mol.